The molecule has 0 spiro atoms. The van der Waals surface area contributed by atoms with Gasteiger partial charge in [-0.2, -0.15) is 9.50 Å². The molecule has 3 aromatic heterocycles. The molecule has 0 atom stereocenters. The number of benzene rings is 1. The van der Waals surface area contributed by atoms with Crippen molar-refractivity contribution >= 4 is 54.5 Å². The second-order valence-corrected chi connectivity index (χ2v) is 11.0. The van der Waals surface area contributed by atoms with Crippen molar-refractivity contribution < 1.29 is 13.9 Å². The van der Waals surface area contributed by atoms with Crippen LogP contribution in [0.3, 0.4) is 0 Å². The lowest BCUT2D eigenvalue weighted by Gasteiger charge is -2.56. The molecule has 4 heterocycles. The van der Waals surface area contributed by atoms with E-state index < -0.39 is 0 Å². The largest absolute Gasteiger partial charge is 0.491 e. The van der Waals surface area contributed by atoms with E-state index in [0.717, 1.165) is 37.7 Å². The Morgan fingerprint density at radius 3 is 2.42 bits per heavy atom. The van der Waals surface area contributed by atoms with Gasteiger partial charge in [-0.1, -0.05) is 0 Å². The summed E-state index contributed by atoms with van der Waals surface area (Å²) in [6, 6.07) is 10.2. The number of oxazole rings is 1. The van der Waals surface area contributed by atoms with E-state index in [0.29, 0.717) is 30.6 Å². The second kappa shape index (κ2) is 11.1. The molecule has 5 rings (SSSR count). The number of hydrogen-bond donors (Lipinski definition) is 1. The molecule has 0 radical (unpaired) electrons. The molecule has 0 bridgehead atoms. The Labute approximate surface area is 237 Å². The van der Waals surface area contributed by atoms with E-state index in [1.807, 2.05) is 18.2 Å². The fraction of sp³-hybridized carbons (Fsp3) is 0.417. The highest BCUT2D eigenvalue weighted by molar-refractivity contribution is 6.55. The summed E-state index contributed by atoms with van der Waals surface area (Å²) < 4.78 is 17.6. The molecule has 12 nitrogen and oxygen atoms in total. The van der Waals surface area contributed by atoms with Crippen LogP contribution in [-0.4, -0.2) is 125 Å². The topological polar surface area (TPSA) is 123 Å². The zero-order chi connectivity index (χ0) is 28.5. The van der Waals surface area contributed by atoms with Crippen LogP contribution in [0.5, 0.6) is 5.75 Å². The number of nitrogens with two attached hydrogens (primary N) is 1. The summed E-state index contributed by atoms with van der Waals surface area (Å²) in [5.74, 6) is 2.54. The van der Waals surface area contributed by atoms with Crippen LogP contribution >= 0.6 is 0 Å². The monoisotopic (exact) mass is 541 g/mol. The first-order valence-corrected chi connectivity index (χ1v) is 13.5. The van der Waals surface area contributed by atoms with Crippen molar-refractivity contribution in [2.24, 2.45) is 0 Å². The fourth-order valence-corrected chi connectivity index (χ4v) is 5.10. The van der Waals surface area contributed by atoms with Crippen molar-refractivity contribution in [3.8, 4) is 17.5 Å². The van der Waals surface area contributed by atoms with Crippen LogP contribution in [0.25, 0.3) is 17.4 Å². The molecule has 2 N–H and O–H groups in total. The number of likely N-dealkylation sites (N-methyl/N-ethyl adjacent to an activating group) is 1. The Morgan fingerprint density at radius 2 is 1.77 bits per heavy atom. The molecule has 0 unspecified atom stereocenters. The lowest BCUT2D eigenvalue weighted by Crippen LogP contribution is -2.74. The summed E-state index contributed by atoms with van der Waals surface area (Å²) in [5.41, 5.74) is 8.10. The zero-order valence-electron chi connectivity index (χ0n) is 24.2. The maximum Gasteiger partial charge on any atom is 0.266 e. The Kier molecular flexibility index (Phi) is 7.74. The summed E-state index contributed by atoms with van der Waals surface area (Å²) in [4.78, 5) is 20.5. The highest BCUT2D eigenvalue weighted by Crippen LogP contribution is 2.30. The third-order valence-electron chi connectivity index (χ3n) is 8.47. The second-order valence-electron chi connectivity index (χ2n) is 11.0. The van der Waals surface area contributed by atoms with Gasteiger partial charge in [-0.05, 0) is 34.9 Å². The molecular weight excluding hydrogens is 506 g/mol. The molecule has 1 aromatic carbocycles. The lowest BCUT2D eigenvalue weighted by atomic mass is 9.37. The minimum absolute atomic E-state index is 0.188. The van der Waals surface area contributed by atoms with Crippen molar-refractivity contribution in [1.29, 1.82) is 0 Å². The van der Waals surface area contributed by atoms with E-state index in [4.69, 9.17) is 19.6 Å². The van der Waals surface area contributed by atoms with Crippen molar-refractivity contribution in [1.82, 2.24) is 29.5 Å². The zero-order valence-corrected chi connectivity index (χ0v) is 24.2. The molecule has 1 aliphatic rings. The Bertz CT molecular complexity index is 1430. The van der Waals surface area contributed by atoms with Gasteiger partial charge in [-0.25, -0.2) is 9.97 Å². The van der Waals surface area contributed by atoms with E-state index in [2.05, 4.69) is 85.3 Å². The molecule has 1 saturated heterocycles. The Balaban J connectivity index is 1.27. The number of aromatic nitrogens is 5. The number of anilines is 3. The maximum absolute atomic E-state index is 6.31. The first-order chi connectivity index (χ1) is 19.1. The summed E-state index contributed by atoms with van der Waals surface area (Å²) in [5, 5.41) is 3.92. The van der Waals surface area contributed by atoms with E-state index in [9.17, 15) is 0 Å². The summed E-state index contributed by atoms with van der Waals surface area (Å²) in [6.45, 7) is 4.88. The standard InChI is InChI=1S/C24H35B4N9O3/c1-34(18-15-19-31-20(21-30-7-12-40-21)33-37(19)22(29)32-18)23(25,26)24(27,28)36-10-8-35(9-11-36)16-3-5-17(6-4-16)39-14-13-38-2/h3-7,12,15H,8-11,13-14,25-28H2,1-2H3,(H2,29,32). The average Bonchev–Trinajstić information content (AvgIpc) is 3.64. The quantitative estimate of drug-likeness (QED) is 0.169. The molecule has 40 heavy (non-hydrogen) atoms. The number of hydrogen-bond acceptors (Lipinski definition) is 11. The van der Waals surface area contributed by atoms with Gasteiger partial charge >= 0.3 is 0 Å². The number of fused-ring (bicyclic) bond motifs is 1. The first-order valence-electron chi connectivity index (χ1n) is 13.5. The van der Waals surface area contributed by atoms with Gasteiger partial charge in [0.2, 0.25) is 11.8 Å². The third-order valence-corrected chi connectivity index (χ3v) is 8.47. The first kappa shape index (κ1) is 27.9. The van der Waals surface area contributed by atoms with Gasteiger partial charge in [0, 0.05) is 52.1 Å². The maximum atomic E-state index is 6.31. The van der Waals surface area contributed by atoms with Crippen LogP contribution in [0.4, 0.5) is 17.5 Å². The molecule has 1 fully saturated rings. The Hall–Kier alpha value is -3.64. The van der Waals surface area contributed by atoms with Crippen molar-refractivity contribution in [2.45, 2.75) is 10.7 Å². The molecule has 206 valence electrons. The van der Waals surface area contributed by atoms with Crippen LogP contribution in [0, 0.1) is 0 Å². The normalized spacial score (nSPS) is 15.0. The number of nitrogen functional groups attached to an aromatic ring is 1. The van der Waals surface area contributed by atoms with Crippen LogP contribution in [0.15, 0.2) is 47.2 Å². The van der Waals surface area contributed by atoms with Gasteiger partial charge in [0.05, 0.1) is 12.8 Å². The predicted octanol–water partition coefficient (Wildman–Crippen LogP) is -2.51. The molecular formula is C24H35B4N9O3. The number of ether oxygens (including phenoxy) is 2. The van der Waals surface area contributed by atoms with Crippen molar-refractivity contribution in [3.05, 3.63) is 42.8 Å². The molecule has 0 amide bonds. The third kappa shape index (κ3) is 5.25. The molecule has 16 heteroatoms. The van der Waals surface area contributed by atoms with Gasteiger partial charge in [-0.15, -0.1) is 5.10 Å². The molecule has 0 aliphatic carbocycles. The number of nitrogens with zero attached hydrogens (tertiary/aromatic N) is 8. The highest BCUT2D eigenvalue weighted by Gasteiger charge is 2.45. The SMILES string of the molecule is BC(B)(N1CCN(c2ccc(OCCOC)cc2)CC1)C(B)(B)N(C)c1cc2nc(-c3ncco3)nn2c(N)n1. The van der Waals surface area contributed by atoms with Crippen LogP contribution in [-0.2, 0) is 4.74 Å². The molecule has 4 aromatic rings. The van der Waals surface area contributed by atoms with Gasteiger partial charge in [0.25, 0.3) is 5.89 Å². The molecule has 0 saturated carbocycles. The van der Waals surface area contributed by atoms with E-state index in [1.54, 1.807) is 13.3 Å². The van der Waals surface area contributed by atoms with Crippen LogP contribution in [0.2, 0.25) is 0 Å². The lowest BCUT2D eigenvalue weighted by molar-refractivity contribution is 0.146. The molecule has 1 aliphatic heterocycles. The number of piperazine rings is 1. The van der Waals surface area contributed by atoms with E-state index in [1.165, 1.54) is 16.5 Å². The van der Waals surface area contributed by atoms with Gasteiger partial charge in [0.15, 0.2) is 5.65 Å². The Morgan fingerprint density at radius 1 is 1.05 bits per heavy atom. The summed E-state index contributed by atoms with van der Waals surface area (Å²) in [7, 11) is 12.8. The predicted molar refractivity (Wildman–Crippen MR) is 166 cm³/mol. The van der Waals surface area contributed by atoms with Gasteiger partial charge in [-0.3, -0.25) is 0 Å². The minimum Gasteiger partial charge on any atom is -0.491 e. The van der Waals surface area contributed by atoms with Crippen molar-refractivity contribution in [3.63, 3.8) is 0 Å². The minimum atomic E-state index is -0.306. The van der Waals surface area contributed by atoms with Gasteiger partial charge < -0.3 is 34.3 Å². The smallest absolute Gasteiger partial charge is 0.266 e. The number of methoxy groups -OCH3 is 1. The van der Waals surface area contributed by atoms with Crippen LogP contribution < -0.4 is 20.3 Å². The van der Waals surface area contributed by atoms with Crippen molar-refractivity contribution in [2.75, 3.05) is 69.1 Å². The average molecular weight is 541 g/mol. The summed E-state index contributed by atoms with van der Waals surface area (Å²) >= 11 is 0. The van der Waals surface area contributed by atoms with E-state index in [-0.39, 0.29) is 16.6 Å². The van der Waals surface area contributed by atoms with Crippen LogP contribution in [0.1, 0.15) is 0 Å². The van der Waals surface area contributed by atoms with E-state index >= 15 is 0 Å². The number of rotatable bonds is 10. The summed E-state index contributed by atoms with van der Waals surface area (Å²) in [6.07, 6.45) is 3.05. The fourth-order valence-electron chi connectivity index (χ4n) is 5.10. The van der Waals surface area contributed by atoms with Gasteiger partial charge in [0.1, 0.15) is 55.8 Å². The highest BCUT2D eigenvalue weighted by atomic mass is 16.5.